The van der Waals surface area contributed by atoms with Crippen LogP contribution in [0, 0.1) is 0 Å². The summed E-state index contributed by atoms with van der Waals surface area (Å²) in [6.45, 7) is 0.681. The number of rotatable bonds is 9. The van der Waals surface area contributed by atoms with Gasteiger partial charge in [-0.1, -0.05) is 42.5 Å². The first-order valence-electron chi connectivity index (χ1n) is 9.66. The normalized spacial score (nSPS) is 10.2. The second-order valence-corrected chi connectivity index (χ2v) is 6.51. The second-order valence-electron chi connectivity index (χ2n) is 6.51. The number of ether oxygens (including phenoxy) is 2. The maximum absolute atomic E-state index is 12.7. The van der Waals surface area contributed by atoms with Crippen LogP contribution in [0.3, 0.4) is 0 Å². The lowest BCUT2D eigenvalue weighted by atomic mass is 10.1. The molecule has 0 fully saturated rings. The summed E-state index contributed by atoms with van der Waals surface area (Å²) < 4.78 is 11.4. The maximum atomic E-state index is 12.7. The third kappa shape index (κ3) is 6.10. The Morgan fingerprint density at radius 2 is 1.47 bits per heavy atom. The summed E-state index contributed by atoms with van der Waals surface area (Å²) >= 11 is 0. The van der Waals surface area contributed by atoms with E-state index in [1.165, 1.54) is 0 Å². The van der Waals surface area contributed by atoms with Crippen molar-refractivity contribution in [1.82, 2.24) is 5.32 Å². The van der Waals surface area contributed by atoms with Crippen LogP contribution in [-0.4, -0.2) is 32.1 Å². The SMILES string of the molecule is CNC(=O)Cc1ccc(NC(=O)c2ccccc2OCCOc2ccccc2)cc1. The first-order valence-corrected chi connectivity index (χ1v) is 9.66. The van der Waals surface area contributed by atoms with Crippen LogP contribution >= 0.6 is 0 Å². The van der Waals surface area contributed by atoms with Crippen molar-refractivity contribution >= 4 is 17.5 Å². The van der Waals surface area contributed by atoms with Gasteiger partial charge in [0.15, 0.2) is 0 Å². The fraction of sp³-hybridized carbons (Fsp3) is 0.167. The van der Waals surface area contributed by atoms with Gasteiger partial charge in [-0.3, -0.25) is 9.59 Å². The highest BCUT2D eigenvalue weighted by Gasteiger charge is 2.12. The minimum Gasteiger partial charge on any atom is -0.490 e. The van der Waals surface area contributed by atoms with Crippen molar-refractivity contribution in [2.24, 2.45) is 0 Å². The van der Waals surface area contributed by atoms with E-state index in [0.29, 0.717) is 36.6 Å². The zero-order valence-electron chi connectivity index (χ0n) is 16.8. The quantitative estimate of drug-likeness (QED) is 0.534. The molecule has 3 rings (SSSR count). The van der Waals surface area contributed by atoms with Crippen LogP contribution in [0.5, 0.6) is 11.5 Å². The van der Waals surface area contributed by atoms with E-state index in [1.807, 2.05) is 48.5 Å². The molecule has 0 aromatic heterocycles. The fourth-order valence-corrected chi connectivity index (χ4v) is 2.79. The molecular weight excluding hydrogens is 380 g/mol. The molecule has 0 aliphatic carbocycles. The predicted octanol–water partition coefficient (Wildman–Crippen LogP) is 3.69. The Bertz CT molecular complexity index is 972. The number of carbonyl (C=O) groups is 2. The van der Waals surface area contributed by atoms with Gasteiger partial charge in [0.1, 0.15) is 24.7 Å². The number of para-hydroxylation sites is 2. The molecule has 0 bridgehead atoms. The lowest BCUT2D eigenvalue weighted by molar-refractivity contribution is -0.119. The van der Waals surface area contributed by atoms with Crippen molar-refractivity contribution in [2.45, 2.75) is 6.42 Å². The summed E-state index contributed by atoms with van der Waals surface area (Å²) in [5.74, 6) is 0.928. The van der Waals surface area contributed by atoms with Gasteiger partial charge < -0.3 is 20.1 Å². The van der Waals surface area contributed by atoms with Crippen LogP contribution < -0.4 is 20.1 Å². The molecule has 3 aromatic carbocycles. The summed E-state index contributed by atoms with van der Waals surface area (Å²) in [6.07, 6.45) is 0.298. The Morgan fingerprint density at radius 1 is 0.800 bits per heavy atom. The van der Waals surface area contributed by atoms with Crippen molar-refractivity contribution in [3.63, 3.8) is 0 Å². The van der Waals surface area contributed by atoms with Crippen LogP contribution in [0.25, 0.3) is 0 Å². The molecule has 0 saturated carbocycles. The van der Waals surface area contributed by atoms with E-state index in [2.05, 4.69) is 10.6 Å². The molecule has 0 radical (unpaired) electrons. The summed E-state index contributed by atoms with van der Waals surface area (Å²) in [7, 11) is 1.60. The number of benzene rings is 3. The minimum atomic E-state index is -0.270. The molecule has 6 heteroatoms. The molecule has 6 nitrogen and oxygen atoms in total. The molecule has 0 aliphatic rings. The average molecular weight is 404 g/mol. The Balaban J connectivity index is 1.56. The molecule has 154 valence electrons. The number of hydrogen-bond acceptors (Lipinski definition) is 4. The van der Waals surface area contributed by atoms with E-state index in [9.17, 15) is 9.59 Å². The number of nitrogens with one attached hydrogen (secondary N) is 2. The van der Waals surface area contributed by atoms with E-state index in [4.69, 9.17) is 9.47 Å². The monoisotopic (exact) mass is 404 g/mol. The summed E-state index contributed by atoms with van der Waals surface area (Å²) in [4.78, 5) is 24.2. The molecule has 3 aromatic rings. The molecule has 0 unspecified atom stereocenters. The van der Waals surface area contributed by atoms with Gasteiger partial charge in [-0.2, -0.15) is 0 Å². The lowest BCUT2D eigenvalue weighted by Gasteiger charge is -2.12. The van der Waals surface area contributed by atoms with Crippen LogP contribution in [0.4, 0.5) is 5.69 Å². The second kappa shape index (κ2) is 10.7. The molecule has 0 spiro atoms. The number of carbonyl (C=O) groups excluding carboxylic acids is 2. The van der Waals surface area contributed by atoms with Crippen LogP contribution in [0.15, 0.2) is 78.9 Å². The van der Waals surface area contributed by atoms with E-state index < -0.39 is 0 Å². The average Bonchev–Trinajstić information content (AvgIpc) is 2.79. The van der Waals surface area contributed by atoms with E-state index in [0.717, 1.165) is 11.3 Å². The van der Waals surface area contributed by atoms with Crippen LogP contribution in [0.2, 0.25) is 0 Å². The smallest absolute Gasteiger partial charge is 0.259 e. The first-order chi connectivity index (χ1) is 14.7. The predicted molar refractivity (Wildman–Crippen MR) is 116 cm³/mol. The number of amides is 2. The van der Waals surface area contributed by atoms with E-state index in [1.54, 1.807) is 37.4 Å². The van der Waals surface area contributed by atoms with Gasteiger partial charge in [0.2, 0.25) is 5.91 Å². The molecule has 2 amide bonds. The molecule has 30 heavy (non-hydrogen) atoms. The van der Waals surface area contributed by atoms with Crippen LogP contribution in [0.1, 0.15) is 15.9 Å². The summed E-state index contributed by atoms with van der Waals surface area (Å²) in [6, 6.07) is 23.7. The van der Waals surface area contributed by atoms with Gasteiger partial charge in [0, 0.05) is 12.7 Å². The zero-order valence-corrected chi connectivity index (χ0v) is 16.8. The van der Waals surface area contributed by atoms with Gasteiger partial charge in [-0.05, 0) is 42.0 Å². The zero-order chi connectivity index (χ0) is 21.2. The standard InChI is InChI=1S/C24H24N2O4/c1-25-23(27)17-18-11-13-19(14-12-18)26-24(28)21-9-5-6-10-22(21)30-16-15-29-20-7-3-2-4-8-20/h2-14H,15-17H2,1H3,(H,25,27)(H,26,28). The third-order valence-corrected chi connectivity index (χ3v) is 4.34. The molecule has 0 saturated heterocycles. The highest BCUT2D eigenvalue weighted by Crippen LogP contribution is 2.20. The Kier molecular flexibility index (Phi) is 7.44. The highest BCUT2D eigenvalue weighted by molar-refractivity contribution is 6.06. The molecule has 2 N–H and O–H groups in total. The largest absolute Gasteiger partial charge is 0.490 e. The molecule has 0 atom stereocenters. The molecular formula is C24H24N2O4. The van der Waals surface area contributed by atoms with Crippen molar-refractivity contribution in [3.05, 3.63) is 90.0 Å². The first kappa shape index (κ1) is 20.9. The van der Waals surface area contributed by atoms with Gasteiger partial charge in [0.25, 0.3) is 5.91 Å². The fourth-order valence-electron chi connectivity index (χ4n) is 2.79. The van der Waals surface area contributed by atoms with Crippen LogP contribution in [-0.2, 0) is 11.2 Å². The topological polar surface area (TPSA) is 76.7 Å². The molecule has 0 aliphatic heterocycles. The Labute approximate surface area is 175 Å². The van der Waals surface area contributed by atoms with Gasteiger partial charge in [-0.15, -0.1) is 0 Å². The Morgan fingerprint density at radius 3 is 2.20 bits per heavy atom. The van der Waals surface area contributed by atoms with Gasteiger partial charge in [-0.25, -0.2) is 0 Å². The van der Waals surface area contributed by atoms with Crippen molar-refractivity contribution in [3.8, 4) is 11.5 Å². The van der Waals surface area contributed by atoms with Crippen molar-refractivity contribution in [1.29, 1.82) is 0 Å². The van der Waals surface area contributed by atoms with E-state index in [-0.39, 0.29) is 11.8 Å². The number of hydrogen-bond donors (Lipinski definition) is 2. The maximum Gasteiger partial charge on any atom is 0.259 e. The highest BCUT2D eigenvalue weighted by atomic mass is 16.5. The number of likely N-dealkylation sites (N-methyl/N-ethyl adjacent to an activating group) is 1. The Hall–Kier alpha value is -3.80. The number of anilines is 1. The van der Waals surface area contributed by atoms with Gasteiger partial charge in [0.05, 0.1) is 12.0 Å². The van der Waals surface area contributed by atoms with Crippen molar-refractivity contribution < 1.29 is 19.1 Å². The summed E-state index contributed by atoms with van der Waals surface area (Å²) in [5.41, 5.74) is 1.95. The van der Waals surface area contributed by atoms with Gasteiger partial charge >= 0.3 is 0 Å². The molecule has 0 heterocycles. The summed E-state index contributed by atoms with van der Waals surface area (Å²) in [5, 5.41) is 5.45. The van der Waals surface area contributed by atoms with E-state index >= 15 is 0 Å². The third-order valence-electron chi connectivity index (χ3n) is 4.34. The van der Waals surface area contributed by atoms with Crippen molar-refractivity contribution in [2.75, 3.05) is 25.6 Å². The minimum absolute atomic E-state index is 0.0610. The lowest BCUT2D eigenvalue weighted by Crippen LogP contribution is -2.20.